The second kappa shape index (κ2) is 8.30. The quantitative estimate of drug-likeness (QED) is 0.429. The highest BCUT2D eigenvalue weighted by Gasteiger charge is 2.28. The standard InChI is InChI=1S/C19H19IN2O4S/c1-10-4-5-14(25-2)13(6-10)21-19-22-18(24)16(27-19)9-11-7-12(20)17(23)15(8-11)26-3/h4-9,19,21,23H,1-3H3,(H,22,24)/b16-9-. The Bertz CT molecular complexity index is 917. The number of phenols is 1. The number of rotatable bonds is 5. The van der Waals surface area contributed by atoms with E-state index in [4.69, 9.17) is 9.47 Å². The lowest BCUT2D eigenvalue weighted by molar-refractivity contribution is -0.116. The summed E-state index contributed by atoms with van der Waals surface area (Å²) in [5.74, 6) is 1.02. The Kier molecular flexibility index (Phi) is 6.05. The number of halogens is 1. The van der Waals surface area contributed by atoms with Crippen LogP contribution in [-0.2, 0) is 4.79 Å². The number of phenolic OH excluding ortho intramolecular Hbond substituents is 1. The Morgan fingerprint density at radius 2 is 1.96 bits per heavy atom. The maximum Gasteiger partial charge on any atom is 0.260 e. The van der Waals surface area contributed by atoms with E-state index in [1.54, 1.807) is 25.3 Å². The van der Waals surface area contributed by atoms with E-state index in [9.17, 15) is 9.90 Å². The van der Waals surface area contributed by atoms with Crippen LogP contribution >= 0.6 is 34.4 Å². The van der Waals surface area contributed by atoms with Gasteiger partial charge in [0.25, 0.3) is 5.91 Å². The highest BCUT2D eigenvalue weighted by atomic mass is 127. The molecule has 0 spiro atoms. The number of thioether (sulfide) groups is 1. The Balaban J connectivity index is 1.81. The van der Waals surface area contributed by atoms with Crippen LogP contribution in [0, 0.1) is 10.5 Å². The predicted octanol–water partition coefficient (Wildman–Crippen LogP) is 3.92. The Hall–Kier alpha value is -2.07. The molecule has 2 aromatic rings. The first-order valence-electron chi connectivity index (χ1n) is 8.08. The summed E-state index contributed by atoms with van der Waals surface area (Å²) in [6.45, 7) is 2.00. The SMILES string of the molecule is COc1ccc(C)cc1NC1NC(=O)/C(=C/c2cc(I)c(O)c(OC)c2)S1. The highest BCUT2D eigenvalue weighted by molar-refractivity contribution is 14.1. The van der Waals surface area contributed by atoms with Crippen LogP contribution in [-0.4, -0.2) is 30.7 Å². The molecule has 6 nitrogen and oxygen atoms in total. The zero-order valence-corrected chi connectivity index (χ0v) is 18.0. The topological polar surface area (TPSA) is 79.8 Å². The van der Waals surface area contributed by atoms with Crippen molar-refractivity contribution in [2.24, 2.45) is 0 Å². The lowest BCUT2D eigenvalue weighted by Crippen LogP contribution is -2.31. The molecule has 0 aromatic heterocycles. The Morgan fingerprint density at radius 3 is 2.67 bits per heavy atom. The van der Waals surface area contributed by atoms with Crippen molar-refractivity contribution < 1.29 is 19.4 Å². The van der Waals surface area contributed by atoms with E-state index in [0.717, 1.165) is 16.8 Å². The number of nitrogens with one attached hydrogen (secondary N) is 2. The first-order valence-corrected chi connectivity index (χ1v) is 10.0. The van der Waals surface area contributed by atoms with Gasteiger partial charge in [-0.3, -0.25) is 4.79 Å². The van der Waals surface area contributed by atoms with Crippen LogP contribution in [0.2, 0.25) is 0 Å². The molecule has 1 unspecified atom stereocenters. The van der Waals surface area contributed by atoms with Gasteiger partial charge in [-0.15, -0.1) is 0 Å². The molecule has 27 heavy (non-hydrogen) atoms. The van der Waals surface area contributed by atoms with Crippen LogP contribution < -0.4 is 20.1 Å². The molecular formula is C19H19IN2O4S. The van der Waals surface area contributed by atoms with E-state index < -0.39 is 0 Å². The molecule has 8 heteroatoms. The summed E-state index contributed by atoms with van der Waals surface area (Å²) < 4.78 is 11.2. The average Bonchev–Trinajstić information content (AvgIpc) is 2.97. The predicted molar refractivity (Wildman–Crippen MR) is 116 cm³/mol. The fraction of sp³-hybridized carbons (Fsp3) is 0.211. The number of carbonyl (C=O) groups is 1. The molecule has 2 aromatic carbocycles. The van der Waals surface area contributed by atoms with E-state index in [-0.39, 0.29) is 17.2 Å². The van der Waals surface area contributed by atoms with Crippen LogP contribution in [0.5, 0.6) is 17.2 Å². The first kappa shape index (κ1) is 19.7. The summed E-state index contributed by atoms with van der Waals surface area (Å²) in [6.07, 6.45) is 1.78. The Morgan fingerprint density at radius 1 is 1.22 bits per heavy atom. The number of methoxy groups -OCH3 is 2. The summed E-state index contributed by atoms with van der Waals surface area (Å²) in [7, 11) is 3.11. The molecular weight excluding hydrogens is 479 g/mol. The van der Waals surface area contributed by atoms with Crippen molar-refractivity contribution in [2.75, 3.05) is 19.5 Å². The normalized spacial score (nSPS) is 17.7. The van der Waals surface area contributed by atoms with Gasteiger partial charge in [0, 0.05) is 0 Å². The van der Waals surface area contributed by atoms with Gasteiger partial charge in [-0.1, -0.05) is 17.8 Å². The molecule has 3 rings (SSSR count). The van der Waals surface area contributed by atoms with Crippen LogP contribution in [0.4, 0.5) is 5.69 Å². The van der Waals surface area contributed by atoms with Gasteiger partial charge in [0.15, 0.2) is 17.0 Å². The third-order valence-electron chi connectivity index (χ3n) is 3.94. The summed E-state index contributed by atoms with van der Waals surface area (Å²) in [5.41, 5.74) is 2.38. The summed E-state index contributed by atoms with van der Waals surface area (Å²) in [5, 5.41) is 16.1. The van der Waals surface area contributed by atoms with E-state index in [2.05, 4.69) is 10.6 Å². The van der Waals surface area contributed by atoms with Crippen molar-refractivity contribution in [2.45, 2.75) is 12.4 Å². The van der Waals surface area contributed by atoms with Gasteiger partial charge in [-0.05, 0) is 71.0 Å². The molecule has 0 aliphatic carbocycles. The molecule has 3 N–H and O–H groups in total. The lowest BCUT2D eigenvalue weighted by atomic mass is 10.2. The van der Waals surface area contributed by atoms with Gasteiger partial charge in [0.05, 0.1) is 28.4 Å². The molecule has 0 saturated carbocycles. The van der Waals surface area contributed by atoms with Crippen LogP contribution in [0.25, 0.3) is 6.08 Å². The molecule has 1 saturated heterocycles. The smallest absolute Gasteiger partial charge is 0.260 e. The van der Waals surface area contributed by atoms with Crippen molar-refractivity contribution in [1.29, 1.82) is 0 Å². The van der Waals surface area contributed by atoms with Crippen molar-refractivity contribution in [3.8, 4) is 17.2 Å². The van der Waals surface area contributed by atoms with Gasteiger partial charge >= 0.3 is 0 Å². The lowest BCUT2D eigenvalue weighted by Gasteiger charge is -2.16. The fourth-order valence-corrected chi connectivity index (χ4v) is 4.23. The number of carbonyl (C=O) groups excluding carboxylic acids is 1. The molecule has 1 heterocycles. The van der Waals surface area contributed by atoms with Crippen LogP contribution in [0.1, 0.15) is 11.1 Å². The minimum Gasteiger partial charge on any atom is -0.504 e. The summed E-state index contributed by atoms with van der Waals surface area (Å²) in [4.78, 5) is 12.9. The highest BCUT2D eigenvalue weighted by Crippen LogP contribution is 2.36. The average molecular weight is 498 g/mol. The number of ether oxygens (including phenoxy) is 2. The van der Waals surface area contributed by atoms with Crippen molar-refractivity contribution in [3.63, 3.8) is 0 Å². The molecule has 1 aliphatic rings. The van der Waals surface area contributed by atoms with E-state index in [1.807, 2.05) is 47.7 Å². The van der Waals surface area contributed by atoms with E-state index >= 15 is 0 Å². The molecule has 1 amide bonds. The van der Waals surface area contributed by atoms with Crippen molar-refractivity contribution >= 4 is 52.0 Å². The number of amides is 1. The Labute approximate surface area is 175 Å². The van der Waals surface area contributed by atoms with Gasteiger partial charge in [-0.2, -0.15) is 0 Å². The zero-order chi connectivity index (χ0) is 19.6. The van der Waals surface area contributed by atoms with E-state index in [1.165, 1.54) is 18.9 Å². The number of hydrogen-bond acceptors (Lipinski definition) is 6. The number of hydrogen-bond donors (Lipinski definition) is 3. The van der Waals surface area contributed by atoms with Crippen molar-refractivity contribution in [1.82, 2.24) is 5.32 Å². The van der Waals surface area contributed by atoms with E-state index in [0.29, 0.717) is 20.0 Å². The van der Waals surface area contributed by atoms with Gasteiger partial charge in [0.1, 0.15) is 5.75 Å². The number of aryl methyl sites for hydroxylation is 1. The molecule has 0 bridgehead atoms. The van der Waals surface area contributed by atoms with Gasteiger partial charge < -0.3 is 25.2 Å². The molecule has 0 radical (unpaired) electrons. The second-order valence-corrected chi connectivity index (χ2v) is 8.19. The first-order chi connectivity index (χ1) is 12.9. The van der Waals surface area contributed by atoms with Crippen LogP contribution in [0.15, 0.2) is 35.2 Å². The number of benzene rings is 2. The second-order valence-electron chi connectivity index (χ2n) is 5.88. The maximum atomic E-state index is 12.4. The summed E-state index contributed by atoms with van der Waals surface area (Å²) >= 11 is 3.41. The minimum absolute atomic E-state index is 0.0925. The fourth-order valence-electron chi connectivity index (χ4n) is 2.63. The maximum absolute atomic E-state index is 12.4. The molecule has 1 atom stereocenters. The third-order valence-corrected chi connectivity index (χ3v) is 5.79. The molecule has 1 aliphatic heterocycles. The van der Waals surface area contributed by atoms with Gasteiger partial charge in [-0.25, -0.2) is 0 Å². The molecule has 142 valence electrons. The number of aromatic hydroxyl groups is 1. The minimum atomic E-state index is -0.308. The van der Waals surface area contributed by atoms with Crippen LogP contribution in [0.3, 0.4) is 0 Å². The molecule has 1 fully saturated rings. The summed E-state index contributed by atoms with van der Waals surface area (Å²) in [6, 6.07) is 9.32. The zero-order valence-electron chi connectivity index (χ0n) is 15.0. The van der Waals surface area contributed by atoms with Crippen molar-refractivity contribution in [3.05, 3.63) is 49.9 Å². The largest absolute Gasteiger partial charge is 0.504 e. The van der Waals surface area contributed by atoms with Gasteiger partial charge in [0.2, 0.25) is 0 Å². The number of anilines is 1. The monoisotopic (exact) mass is 498 g/mol. The third kappa shape index (κ3) is 4.44.